The van der Waals surface area contributed by atoms with Gasteiger partial charge in [0.2, 0.25) is 0 Å². The third kappa shape index (κ3) is 5.89. The molecule has 0 saturated heterocycles. The van der Waals surface area contributed by atoms with Crippen LogP contribution in [0.3, 0.4) is 0 Å². The van der Waals surface area contributed by atoms with Crippen molar-refractivity contribution in [3.05, 3.63) is 95.6 Å². The smallest absolute Gasteiger partial charge is 0.335 e. The lowest BCUT2D eigenvalue weighted by Crippen LogP contribution is -2.03. The van der Waals surface area contributed by atoms with Gasteiger partial charge in [0, 0.05) is 12.2 Å². The number of carbonyl (C=O) groups is 1. The van der Waals surface area contributed by atoms with Gasteiger partial charge in [-0.25, -0.2) is 4.79 Å². The molecular formula is C23H23NO3. The number of hydrogen-bond acceptors (Lipinski definition) is 3. The van der Waals surface area contributed by atoms with Crippen LogP contribution in [0.4, 0.5) is 5.69 Å². The van der Waals surface area contributed by atoms with Crippen LogP contribution in [0.5, 0.6) is 5.75 Å². The van der Waals surface area contributed by atoms with Crippen molar-refractivity contribution in [1.29, 1.82) is 0 Å². The molecule has 0 amide bonds. The maximum absolute atomic E-state index is 10.8. The number of hydrogen-bond donors (Lipinski definition) is 2. The van der Waals surface area contributed by atoms with Gasteiger partial charge in [0.15, 0.2) is 0 Å². The van der Waals surface area contributed by atoms with Gasteiger partial charge in [0.1, 0.15) is 12.4 Å². The van der Waals surface area contributed by atoms with Crippen LogP contribution in [-0.4, -0.2) is 17.6 Å². The molecule has 0 spiro atoms. The molecule has 4 heteroatoms. The Balaban J connectivity index is 1.39. The van der Waals surface area contributed by atoms with E-state index in [0.717, 1.165) is 36.4 Å². The van der Waals surface area contributed by atoms with E-state index < -0.39 is 5.97 Å². The van der Waals surface area contributed by atoms with E-state index in [4.69, 9.17) is 9.84 Å². The molecule has 0 unspecified atom stereocenters. The molecule has 0 aliphatic rings. The predicted octanol–water partition coefficient (Wildman–Crippen LogP) is 5.01. The van der Waals surface area contributed by atoms with Crippen molar-refractivity contribution in [2.24, 2.45) is 0 Å². The Labute approximate surface area is 159 Å². The number of anilines is 1. The summed E-state index contributed by atoms with van der Waals surface area (Å²) in [5, 5.41) is 12.2. The summed E-state index contributed by atoms with van der Waals surface area (Å²) in [7, 11) is 0. The number of aryl methyl sites for hydroxylation is 1. The summed E-state index contributed by atoms with van der Waals surface area (Å²) in [6.45, 7) is 1.41. The molecule has 4 nitrogen and oxygen atoms in total. The number of carboxylic acids is 1. The zero-order chi connectivity index (χ0) is 18.9. The average molecular weight is 361 g/mol. The fourth-order valence-corrected chi connectivity index (χ4v) is 2.75. The van der Waals surface area contributed by atoms with Crippen LogP contribution in [0, 0.1) is 0 Å². The number of aromatic carboxylic acids is 1. The van der Waals surface area contributed by atoms with Gasteiger partial charge in [-0.2, -0.15) is 0 Å². The highest BCUT2D eigenvalue weighted by Gasteiger charge is 2.01. The molecule has 0 heterocycles. The van der Waals surface area contributed by atoms with E-state index in [2.05, 4.69) is 29.6 Å². The Morgan fingerprint density at radius 3 is 2.22 bits per heavy atom. The van der Waals surface area contributed by atoms with Crippen molar-refractivity contribution >= 4 is 11.7 Å². The van der Waals surface area contributed by atoms with E-state index in [-0.39, 0.29) is 0 Å². The van der Waals surface area contributed by atoms with Crippen LogP contribution < -0.4 is 10.1 Å². The Kier molecular flexibility index (Phi) is 6.47. The number of nitrogens with one attached hydrogen (secondary N) is 1. The molecule has 0 radical (unpaired) electrons. The van der Waals surface area contributed by atoms with Gasteiger partial charge in [0.05, 0.1) is 5.56 Å². The van der Waals surface area contributed by atoms with Crippen LogP contribution >= 0.6 is 0 Å². The quantitative estimate of drug-likeness (QED) is 0.526. The Morgan fingerprint density at radius 1 is 0.852 bits per heavy atom. The molecule has 0 aromatic heterocycles. The maximum atomic E-state index is 10.8. The van der Waals surface area contributed by atoms with Crippen LogP contribution in [0.2, 0.25) is 0 Å². The molecule has 0 atom stereocenters. The lowest BCUT2D eigenvalue weighted by atomic mass is 10.1. The molecule has 138 valence electrons. The van der Waals surface area contributed by atoms with Crippen molar-refractivity contribution < 1.29 is 14.6 Å². The van der Waals surface area contributed by atoms with Crippen LogP contribution in [-0.2, 0) is 13.0 Å². The summed E-state index contributed by atoms with van der Waals surface area (Å²) in [5.41, 5.74) is 3.66. The van der Waals surface area contributed by atoms with Gasteiger partial charge in [0.25, 0.3) is 0 Å². The molecule has 3 aromatic carbocycles. The minimum absolute atomic E-state index is 0.301. The second kappa shape index (κ2) is 9.43. The Bertz CT molecular complexity index is 843. The normalized spacial score (nSPS) is 10.4. The van der Waals surface area contributed by atoms with Gasteiger partial charge >= 0.3 is 5.97 Å². The minimum Gasteiger partial charge on any atom is -0.489 e. The third-order valence-electron chi connectivity index (χ3n) is 4.27. The molecule has 0 saturated carbocycles. The number of ether oxygens (including phenoxy) is 1. The molecule has 0 fully saturated rings. The van der Waals surface area contributed by atoms with Crippen molar-refractivity contribution in [1.82, 2.24) is 0 Å². The molecule has 0 aliphatic carbocycles. The Morgan fingerprint density at radius 2 is 1.56 bits per heavy atom. The molecule has 3 aromatic rings. The SMILES string of the molecule is O=C(O)c1ccc(NCCCc2ccc(OCc3ccccc3)cc2)cc1. The number of carboxylic acid groups (broad SMARTS) is 1. The predicted molar refractivity (Wildman–Crippen MR) is 107 cm³/mol. The summed E-state index contributed by atoms with van der Waals surface area (Å²) in [4.78, 5) is 10.8. The van der Waals surface area contributed by atoms with E-state index in [1.165, 1.54) is 5.56 Å². The zero-order valence-electron chi connectivity index (χ0n) is 15.1. The average Bonchev–Trinajstić information content (AvgIpc) is 2.71. The van der Waals surface area contributed by atoms with Gasteiger partial charge < -0.3 is 15.2 Å². The van der Waals surface area contributed by atoms with Gasteiger partial charge in [-0.3, -0.25) is 0 Å². The molecular weight excluding hydrogens is 338 g/mol. The lowest BCUT2D eigenvalue weighted by Gasteiger charge is -2.09. The fraction of sp³-hybridized carbons (Fsp3) is 0.174. The van der Waals surface area contributed by atoms with E-state index in [0.29, 0.717) is 12.2 Å². The highest BCUT2D eigenvalue weighted by atomic mass is 16.5. The van der Waals surface area contributed by atoms with Crippen molar-refractivity contribution in [3.63, 3.8) is 0 Å². The first-order chi connectivity index (χ1) is 13.2. The standard InChI is InChI=1S/C23H23NO3/c25-23(26)20-10-12-21(13-11-20)24-16-4-7-18-8-14-22(15-9-18)27-17-19-5-2-1-3-6-19/h1-3,5-6,8-15,24H,4,7,16-17H2,(H,25,26). The monoisotopic (exact) mass is 361 g/mol. The van der Waals surface area contributed by atoms with Crippen LogP contribution in [0.1, 0.15) is 27.9 Å². The first-order valence-corrected chi connectivity index (χ1v) is 9.03. The molecule has 3 rings (SSSR count). The minimum atomic E-state index is -0.905. The van der Waals surface area contributed by atoms with Gasteiger partial charge in [-0.05, 0) is 60.4 Å². The molecule has 0 bridgehead atoms. The van der Waals surface area contributed by atoms with E-state index in [1.807, 2.05) is 30.3 Å². The molecule has 27 heavy (non-hydrogen) atoms. The highest BCUT2D eigenvalue weighted by Crippen LogP contribution is 2.16. The van der Waals surface area contributed by atoms with Crippen LogP contribution in [0.15, 0.2) is 78.9 Å². The van der Waals surface area contributed by atoms with E-state index in [9.17, 15) is 4.79 Å². The second-order valence-corrected chi connectivity index (χ2v) is 6.33. The summed E-state index contributed by atoms with van der Waals surface area (Å²) < 4.78 is 5.80. The summed E-state index contributed by atoms with van der Waals surface area (Å²) in [6, 6.07) is 25.1. The molecule has 0 aliphatic heterocycles. The fourth-order valence-electron chi connectivity index (χ4n) is 2.75. The second-order valence-electron chi connectivity index (χ2n) is 6.33. The highest BCUT2D eigenvalue weighted by molar-refractivity contribution is 5.87. The number of rotatable bonds is 9. The first-order valence-electron chi connectivity index (χ1n) is 9.03. The summed E-state index contributed by atoms with van der Waals surface area (Å²) in [5.74, 6) is -0.0306. The first kappa shape index (κ1) is 18.5. The zero-order valence-corrected chi connectivity index (χ0v) is 15.1. The van der Waals surface area contributed by atoms with Crippen LogP contribution in [0.25, 0.3) is 0 Å². The van der Waals surface area contributed by atoms with Crippen molar-refractivity contribution in [2.75, 3.05) is 11.9 Å². The van der Waals surface area contributed by atoms with Gasteiger partial charge in [-0.1, -0.05) is 42.5 Å². The maximum Gasteiger partial charge on any atom is 0.335 e. The lowest BCUT2D eigenvalue weighted by molar-refractivity contribution is 0.0697. The Hall–Kier alpha value is -3.27. The summed E-state index contributed by atoms with van der Waals surface area (Å²) >= 11 is 0. The number of benzene rings is 3. The van der Waals surface area contributed by atoms with Gasteiger partial charge in [-0.15, -0.1) is 0 Å². The largest absolute Gasteiger partial charge is 0.489 e. The van der Waals surface area contributed by atoms with Crippen molar-refractivity contribution in [3.8, 4) is 5.75 Å². The van der Waals surface area contributed by atoms with Crippen molar-refractivity contribution in [2.45, 2.75) is 19.4 Å². The summed E-state index contributed by atoms with van der Waals surface area (Å²) in [6.07, 6.45) is 1.96. The topological polar surface area (TPSA) is 58.6 Å². The molecule has 2 N–H and O–H groups in total. The third-order valence-corrected chi connectivity index (χ3v) is 4.27. The van der Waals surface area contributed by atoms with E-state index >= 15 is 0 Å². The van der Waals surface area contributed by atoms with E-state index in [1.54, 1.807) is 24.3 Å².